The third kappa shape index (κ3) is 4.69. The van der Waals surface area contributed by atoms with E-state index in [1.807, 2.05) is 32.0 Å². The lowest BCUT2D eigenvalue weighted by Crippen LogP contribution is -2.39. The third-order valence-corrected chi connectivity index (χ3v) is 3.52. The highest BCUT2D eigenvalue weighted by atomic mass is 79.9. The zero-order valence-electron chi connectivity index (χ0n) is 11.4. The zero-order valence-corrected chi connectivity index (χ0v) is 13.0. The van der Waals surface area contributed by atoms with Crippen LogP contribution >= 0.6 is 15.9 Å². The van der Waals surface area contributed by atoms with Gasteiger partial charge >= 0.3 is 0 Å². The molecule has 3 nitrogen and oxygen atoms in total. The number of hydrogen-bond acceptors (Lipinski definition) is 2. The number of carbonyl (C=O) groups is 1. The Bertz CT molecular complexity index is 418. The molecule has 0 saturated heterocycles. The number of rotatable bonds is 5. The SMILES string of the molecule is Cc1ccc(Br)cc1NCC(=O)NC(C)C(C)C. The van der Waals surface area contributed by atoms with E-state index in [0.717, 1.165) is 15.7 Å². The van der Waals surface area contributed by atoms with E-state index >= 15 is 0 Å². The number of nitrogens with one attached hydrogen (secondary N) is 2. The summed E-state index contributed by atoms with van der Waals surface area (Å²) in [4.78, 5) is 11.7. The van der Waals surface area contributed by atoms with Gasteiger partial charge in [0.05, 0.1) is 6.54 Å². The fourth-order valence-corrected chi connectivity index (χ4v) is 1.79. The van der Waals surface area contributed by atoms with Gasteiger partial charge in [-0.15, -0.1) is 0 Å². The molecule has 0 spiro atoms. The molecular formula is C14H21BrN2O. The van der Waals surface area contributed by atoms with Crippen LogP contribution in [0.4, 0.5) is 5.69 Å². The third-order valence-electron chi connectivity index (χ3n) is 3.03. The topological polar surface area (TPSA) is 41.1 Å². The van der Waals surface area contributed by atoms with Crippen molar-refractivity contribution in [2.24, 2.45) is 5.92 Å². The van der Waals surface area contributed by atoms with E-state index in [1.54, 1.807) is 0 Å². The van der Waals surface area contributed by atoms with Crippen molar-refractivity contribution in [3.8, 4) is 0 Å². The van der Waals surface area contributed by atoms with E-state index in [4.69, 9.17) is 0 Å². The molecule has 1 atom stereocenters. The van der Waals surface area contributed by atoms with Crippen LogP contribution in [0, 0.1) is 12.8 Å². The quantitative estimate of drug-likeness (QED) is 0.875. The smallest absolute Gasteiger partial charge is 0.239 e. The predicted octanol–water partition coefficient (Wildman–Crippen LogP) is 3.33. The molecule has 2 N–H and O–H groups in total. The van der Waals surface area contributed by atoms with Crippen molar-refractivity contribution < 1.29 is 4.79 Å². The lowest BCUT2D eigenvalue weighted by molar-refractivity contribution is -0.120. The Hall–Kier alpha value is -1.03. The lowest BCUT2D eigenvalue weighted by atomic mass is 10.1. The summed E-state index contributed by atoms with van der Waals surface area (Å²) < 4.78 is 1.01. The molecule has 4 heteroatoms. The van der Waals surface area contributed by atoms with Crippen LogP contribution in [0.2, 0.25) is 0 Å². The second kappa shape index (κ2) is 6.78. The summed E-state index contributed by atoms with van der Waals surface area (Å²) in [5, 5.41) is 6.13. The molecule has 1 rings (SSSR count). The Kier molecular flexibility index (Phi) is 5.66. The van der Waals surface area contributed by atoms with Crippen LogP contribution in [0.15, 0.2) is 22.7 Å². The average molecular weight is 313 g/mol. The fraction of sp³-hybridized carbons (Fsp3) is 0.500. The first-order valence-corrected chi connectivity index (χ1v) is 6.99. The summed E-state index contributed by atoms with van der Waals surface area (Å²) in [6.07, 6.45) is 0. The molecule has 0 fully saturated rings. The zero-order chi connectivity index (χ0) is 13.7. The number of anilines is 1. The monoisotopic (exact) mass is 312 g/mol. The van der Waals surface area contributed by atoms with E-state index in [1.165, 1.54) is 0 Å². The van der Waals surface area contributed by atoms with Crippen molar-refractivity contribution in [2.45, 2.75) is 33.7 Å². The van der Waals surface area contributed by atoms with Gasteiger partial charge in [-0.2, -0.15) is 0 Å². The molecule has 1 amide bonds. The molecule has 1 unspecified atom stereocenters. The van der Waals surface area contributed by atoms with E-state index in [2.05, 4.69) is 40.4 Å². The highest BCUT2D eigenvalue weighted by Crippen LogP contribution is 2.20. The summed E-state index contributed by atoms with van der Waals surface area (Å²) in [5.41, 5.74) is 2.11. The fourth-order valence-electron chi connectivity index (χ4n) is 1.43. The second-order valence-corrected chi connectivity index (χ2v) is 5.83. The molecule has 0 saturated carbocycles. The lowest BCUT2D eigenvalue weighted by Gasteiger charge is -2.18. The highest BCUT2D eigenvalue weighted by molar-refractivity contribution is 9.10. The number of hydrogen-bond donors (Lipinski definition) is 2. The van der Waals surface area contributed by atoms with Crippen molar-refractivity contribution in [1.82, 2.24) is 5.32 Å². The van der Waals surface area contributed by atoms with Gasteiger partial charge < -0.3 is 10.6 Å². The molecule has 0 aliphatic carbocycles. The van der Waals surface area contributed by atoms with Gasteiger partial charge in [0.25, 0.3) is 0 Å². The summed E-state index contributed by atoms with van der Waals surface area (Å²) in [6.45, 7) is 8.53. The van der Waals surface area contributed by atoms with E-state index in [0.29, 0.717) is 12.5 Å². The number of aryl methyl sites for hydroxylation is 1. The Morgan fingerprint density at radius 1 is 1.33 bits per heavy atom. The van der Waals surface area contributed by atoms with E-state index < -0.39 is 0 Å². The van der Waals surface area contributed by atoms with Gasteiger partial charge in [0.2, 0.25) is 5.91 Å². The molecule has 18 heavy (non-hydrogen) atoms. The highest BCUT2D eigenvalue weighted by Gasteiger charge is 2.10. The molecule has 0 aliphatic rings. The average Bonchev–Trinajstić information content (AvgIpc) is 2.30. The maximum absolute atomic E-state index is 11.7. The van der Waals surface area contributed by atoms with Crippen LogP contribution in [-0.2, 0) is 4.79 Å². The molecule has 0 aliphatic heterocycles. The summed E-state index contributed by atoms with van der Waals surface area (Å²) >= 11 is 3.42. The van der Waals surface area contributed by atoms with Gasteiger partial charge in [-0.25, -0.2) is 0 Å². The van der Waals surface area contributed by atoms with Crippen molar-refractivity contribution in [3.05, 3.63) is 28.2 Å². The Balaban J connectivity index is 2.50. The maximum Gasteiger partial charge on any atom is 0.239 e. The summed E-state index contributed by atoms with van der Waals surface area (Å²) in [5.74, 6) is 0.470. The predicted molar refractivity (Wildman–Crippen MR) is 79.8 cm³/mol. The maximum atomic E-state index is 11.7. The second-order valence-electron chi connectivity index (χ2n) is 4.91. The Labute approximate surface area is 117 Å². The Morgan fingerprint density at radius 2 is 2.00 bits per heavy atom. The first-order valence-electron chi connectivity index (χ1n) is 6.19. The van der Waals surface area contributed by atoms with Crippen molar-refractivity contribution in [3.63, 3.8) is 0 Å². The largest absolute Gasteiger partial charge is 0.376 e. The van der Waals surface area contributed by atoms with Gasteiger partial charge in [0.1, 0.15) is 0 Å². The number of carbonyl (C=O) groups excluding carboxylic acids is 1. The van der Waals surface area contributed by atoms with Crippen molar-refractivity contribution in [1.29, 1.82) is 0 Å². The van der Waals surface area contributed by atoms with Gasteiger partial charge in [-0.3, -0.25) is 4.79 Å². The molecule has 1 aromatic carbocycles. The normalized spacial score (nSPS) is 12.3. The summed E-state index contributed by atoms with van der Waals surface area (Å²) in [6, 6.07) is 6.18. The van der Waals surface area contributed by atoms with Crippen LogP contribution in [0.25, 0.3) is 0 Å². The van der Waals surface area contributed by atoms with Gasteiger partial charge in [0, 0.05) is 16.2 Å². The summed E-state index contributed by atoms with van der Waals surface area (Å²) in [7, 11) is 0. The van der Waals surface area contributed by atoms with Crippen LogP contribution in [0.3, 0.4) is 0 Å². The molecule has 0 aromatic heterocycles. The minimum absolute atomic E-state index is 0.0237. The Morgan fingerprint density at radius 3 is 2.61 bits per heavy atom. The minimum Gasteiger partial charge on any atom is -0.376 e. The van der Waals surface area contributed by atoms with Crippen LogP contribution in [0.5, 0.6) is 0 Å². The first kappa shape index (κ1) is 15.0. The number of amides is 1. The van der Waals surface area contributed by atoms with Crippen LogP contribution in [-0.4, -0.2) is 18.5 Å². The number of benzene rings is 1. The van der Waals surface area contributed by atoms with Crippen molar-refractivity contribution >= 4 is 27.5 Å². The molecule has 100 valence electrons. The van der Waals surface area contributed by atoms with Crippen molar-refractivity contribution in [2.75, 3.05) is 11.9 Å². The van der Waals surface area contributed by atoms with Gasteiger partial charge in [-0.1, -0.05) is 35.8 Å². The first-order chi connectivity index (χ1) is 8.40. The minimum atomic E-state index is 0.0237. The molecule has 0 bridgehead atoms. The molecule has 1 aromatic rings. The number of halogens is 1. The van der Waals surface area contributed by atoms with Gasteiger partial charge in [-0.05, 0) is 37.5 Å². The van der Waals surface area contributed by atoms with E-state index in [-0.39, 0.29) is 11.9 Å². The van der Waals surface area contributed by atoms with Crippen LogP contribution in [0.1, 0.15) is 26.3 Å². The van der Waals surface area contributed by atoms with E-state index in [9.17, 15) is 4.79 Å². The molecule has 0 heterocycles. The molecule has 0 radical (unpaired) electrons. The molecular weight excluding hydrogens is 292 g/mol. The van der Waals surface area contributed by atoms with Crippen LogP contribution < -0.4 is 10.6 Å². The van der Waals surface area contributed by atoms with Gasteiger partial charge in [0.15, 0.2) is 0 Å². The standard InChI is InChI=1S/C14H21BrN2O/c1-9(2)11(4)17-14(18)8-16-13-7-12(15)6-5-10(13)3/h5-7,9,11,16H,8H2,1-4H3,(H,17,18).